The molecule has 0 spiro atoms. The first-order valence-corrected chi connectivity index (χ1v) is 13.1. The fourth-order valence-corrected chi connectivity index (χ4v) is 6.77. The van der Waals surface area contributed by atoms with E-state index in [2.05, 4.69) is 131 Å². The zero-order chi connectivity index (χ0) is 23.8. The number of benzene rings is 5. The maximum atomic E-state index is 2.44. The average molecular weight is 479 g/mol. The quantitative estimate of drug-likeness (QED) is 0.234. The number of nitrogens with zero attached hydrogens (tertiary/aromatic N) is 2. The molecule has 3 aromatic heterocycles. The van der Waals surface area contributed by atoms with Crippen molar-refractivity contribution in [3.8, 4) is 11.4 Å². The van der Waals surface area contributed by atoms with Gasteiger partial charge in [0.25, 0.3) is 0 Å². The van der Waals surface area contributed by atoms with Crippen LogP contribution in [-0.2, 0) is 0 Å². The number of aromatic nitrogens is 2. The molecule has 0 N–H and O–H groups in total. The van der Waals surface area contributed by atoms with E-state index in [9.17, 15) is 0 Å². The second-order valence-electron chi connectivity index (χ2n) is 9.58. The minimum atomic E-state index is 1.18. The fourth-order valence-electron chi connectivity index (χ4n) is 5.65. The van der Waals surface area contributed by atoms with E-state index >= 15 is 0 Å². The molecular weight excluding hydrogens is 456 g/mol. The molecule has 36 heavy (non-hydrogen) atoms. The summed E-state index contributed by atoms with van der Waals surface area (Å²) in [6.07, 6.45) is 2.18. The minimum Gasteiger partial charge on any atom is -0.317 e. The van der Waals surface area contributed by atoms with Crippen molar-refractivity contribution in [2.45, 2.75) is 6.92 Å². The Balaban J connectivity index is 1.53. The highest BCUT2D eigenvalue weighted by molar-refractivity contribution is 7.25. The van der Waals surface area contributed by atoms with Crippen molar-refractivity contribution in [3.63, 3.8) is 0 Å². The highest BCUT2D eigenvalue weighted by Crippen LogP contribution is 2.41. The largest absolute Gasteiger partial charge is 0.317 e. The van der Waals surface area contributed by atoms with Gasteiger partial charge in [-0.1, -0.05) is 54.1 Å². The first-order valence-electron chi connectivity index (χ1n) is 12.3. The van der Waals surface area contributed by atoms with Crippen LogP contribution >= 0.6 is 11.3 Å². The molecule has 8 aromatic rings. The van der Waals surface area contributed by atoms with Crippen LogP contribution in [0.15, 0.2) is 115 Å². The van der Waals surface area contributed by atoms with Crippen LogP contribution < -0.4 is 0 Å². The number of rotatable bonds is 2. The van der Waals surface area contributed by atoms with Gasteiger partial charge in [0.1, 0.15) is 0 Å². The first-order chi connectivity index (χ1) is 17.7. The van der Waals surface area contributed by atoms with Crippen LogP contribution in [0.1, 0.15) is 5.56 Å². The van der Waals surface area contributed by atoms with Gasteiger partial charge in [0.05, 0.1) is 16.6 Å². The zero-order valence-corrected chi connectivity index (χ0v) is 20.6. The van der Waals surface area contributed by atoms with Gasteiger partial charge in [-0.2, -0.15) is 0 Å². The van der Waals surface area contributed by atoms with E-state index in [-0.39, 0.29) is 0 Å². The summed E-state index contributed by atoms with van der Waals surface area (Å²) in [4.78, 5) is 0. The topological polar surface area (TPSA) is 9.86 Å². The van der Waals surface area contributed by atoms with E-state index in [1.54, 1.807) is 0 Å². The van der Waals surface area contributed by atoms with Crippen molar-refractivity contribution in [2.24, 2.45) is 0 Å². The molecule has 2 nitrogen and oxygen atoms in total. The van der Waals surface area contributed by atoms with Crippen LogP contribution in [-0.4, -0.2) is 9.13 Å². The normalized spacial score (nSPS) is 12.0. The molecule has 170 valence electrons. The molecule has 0 aliphatic rings. The summed E-state index contributed by atoms with van der Waals surface area (Å²) in [5, 5.41) is 6.50. The molecule has 0 radical (unpaired) electrons. The lowest BCUT2D eigenvalue weighted by molar-refractivity contribution is 1.13. The predicted octanol–water partition coefficient (Wildman–Crippen LogP) is 9.40. The molecule has 0 fully saturated rings. The molecule has 0 saturated heterocycles. The monoisotopic (exact) mass is 478 g/mol. The van der Waals surface area contributed by atoms with Gasteiger partial charge >= 0.3 is 0 Å². The number of hydrogen-bond acceptors (Lipinski definition) is 1. The van der Waals surface area contributed by atoms with Gasteiger partial charge in [-0.25, -0.2) is 0 Å². The molecule has 0 amide bonds. The lowest BCUT2D eigenvalue weighted by Gasteiger charge is -2.09. The van der Waals surface area contributed by atoms with Crippen molar-refractivity contribution < 1.29 is 0 Å². The summed E-state index contributed by atoms with van der Waals surface area (Å²) in [6, 6.07) is 40.0. The highest BCUT2D eigenvalue weighted by atomic mass is 32.1. The number of para-hydroxylation sites is 1. The SMILES string of the molecule is Cc1ccc(-n2c3cc4ccn(-c5ccccc5)c4cc3c3cc4c(cc32)sc2ccccc24)cc1. The summed E-state index contributed by atoms with van der Waals surface area (Å²) >= 11 is 1.88. The van der Waals surface area contributed by atoms with Gasteiger partial charge in [-0.05, 0) is 67.6 Å². The van der Waals surface area contributed by atoms with Gasteiger partial charge in [0, 0.05) is 53.9 Å². The maximum absolute atomic E-state index is 2.44. The Hall–Kier alpha value is -4.34. The summed E-state index contributed by atoms with van der Waals surface area (Å²) in [7, 11) is 0. The third-order valence-electron chi connectivity index (χ3n) is 7.40. The molecule has 8 rings (SSSR count). The molecule has 0 unspecified atom stereocenters. The lowest BCUT2D eigenvalue weighted by Crippen LogP contribution is -1.94. The highest BCUT2D eigenvalue weighted by Gasteiger charge is 2.17. The fraction of sp³-hybridized carbons (Fsp3) is 0.0303. The zero-order valence-electron chi connectivity index (χ0n) is 19.8. The molecule has 0 aliphatic carbocycles. The smallest absolute Gasteiger partial charge is 0.0555 e. The van der Waals surface area contributed by atoms with Gasteiger partial charge in [-0.3, -0.25) is 0 Å². The Bertz CT molecular complexity index is 2090. The second kappa shape index (κ2) is 7.33. The molecule has 0 saturated carbocycles. The average Bonchev–Trinajstić information content (AvgIpc) is 3.58. The molecular formula is C33H22N2S. The van der Waals surface area contributed by atoms with Crippen LogP contribution in [0.2, 0.25) is 0 Å². The third kappa shape index (κ3) is 2.78. The van der Waals surface area contributed by atoms with Gasteiger partial charge < -0.3 is 9.13 Å². The summed E-state index contributed by atoms with van der Waals surface area (Å²) in [5.41, 5.74) is 7.38. The van der Waals surface area contributed by atoms with E-state index in [0.29, 0.717) is 0 Å². The lowest BCUT2D eigenvalue weighted by atomic mass is 10.1. The van der Waals surface area contributed by atoms with Crippen molar-refractivity contribution in [3.05, 3.63) is 121 Å². The van der Waals surface area contributed by atoms with Crippen molar-refractivity contribution in [2.75, 3.05) is 0 Å². The maximum Gasteiger partial charge on any atom is 0.0555 e. The van der Waals surface area contributed by atoms with Gasteiger partial charge in [0.15, 0.2) is 0 Å². The minimum absolute atomic E-state index is 1.18. The van der Waals surface area contributed by atoms with Crippen molar-refractivity contribution in [1.29, 1.82) is 0 Å². The molecule has 3 heterocycles. The summed E-state index contributed by atoms with van der Waals surface area (Å²) in [5.74, 6) is 0. The Morgan fingerprint density at radius 2 is 1.28 bits per heavy atom. The van der Waals surface area contributed by atoms with E-state index in [4.69, 9.17) is 0 Å². The first kappa shape index (κ1) is 19.9. The van der Waals surface area contributed by atoms with E-state index in [0.717, 1.165) is 0 Å². The third-order valence-corrected chi connectivity index (χ3v) is 8.53. The van der Waals surface area contributed by atoms with Crippen molar-refractivity contribution >= 4 is 64.2 Å². The molecule has 0 atom stereocenters. The second-order valence-corrected chi connectivity index (χ2v) is 10.7. The van der Waals surface area contributed by atoms with Crippen LogP contribution in [0, 0.1) is 6.92 Å². The van der Waals surface area contributed by atoms with E-state index in [1.807, 2.05) is 11.3 Å². The Morgan fingerprint density at radius 3 is 2.14 bits per heavy atom. The van der Waals surface area contributed by atoms with E-state index < -0.39 is 0 Å². The number of thiophene rings is 1. The van der Waals surface area contributed by atoms with Crippen LogP contribution in [0.3, 0.4) is 0 Å². The number of fused-ring (bicyclic) bond motifs is 7. The molecule has 0 bridgehead atoms. The van der Waals surface area contributed by atoms with Crippen LogP contribution in [0.25, 0.3) is 64.3 Å². The number of hydrogen-bond donors (Lipinski definition) is 0. The van der Waals surface area contributed by atoms with Gasteiger partial charge in [-0.15, -0.1) is 11.3 Å². The standard InChI is InChI=1S/C33H22N2S/c1-21-11-13-24(14-12-21)35-30-17-22-15-16-34(23-7-3-2-4-8-23)29(22)19-27(30)26-18-28-25-9-5-6-10-32(25)36-33(28)20-31(26)35/h2-20H,1H3. The van der Waals surface area contributed by atoms with E-state index in [1.165, 1.54) is 69.8 Å². The predicted molar refractivity (Wildman–Crippen MR) is 155 cm³/mol. The Kier molecular flexibility index (Phi) is 4.05. The Morgan fingerprint density at radius 1 is 0.528 bits per heavy atom. The van der Waals surface area contributed by atoms with Crippen LogP contribution in [0.4, 0.5) is 0 Å². The molecule has 0 aliphatic heterocycles. The summed E-state index contributed by atoms with van der Waals surface area (Å²) in [6.45, 7) is 2.15. The number of aryl methyl sites for hydroxylation is 1. The Labute approximate surface area is 212 Å². The van der Waals surface area contributed by atoms with Crippen molar-refractivity contribution in [1.82, 2.24) is 9.13 Å². The van der Waals surface area contributed by atoms with Gasteiger partial charge in [0.2, 0.25) is 0 Å². The molecule has 3 heteroatoms. The summed E-state index contributed by atoms with van der Waals surface area (Å²) < 4.78 is 7.40. The molecule has 5 aromatic carbocycles. The van der Waals surface area contributed by atoms with Crippen LogP contribution in [0.5, 0.6) is 0 Å².